The highest BCUT2D eigenvalue weighted by atomic mass is 19.3. The second-order valence-electron chi connectivity index (χ2n) is 1.78. The zero-order valence-corrected chi connectivity index (χ0v) is 5.24. The SMILES string of the molecule is [CH]CCCCC=C(F)F. The van der Waals surface area contributed by atoms with Gasteiger partial charge in [0.1, 0.15) is 0 Å². The predicted octanol–water partition coefficient (Wildman–Crippen LogP) is 3.04. The minimum Gasteiger partial charge on any atom is -0.174 e. The lowest BCUT2D eigenvalue weighted by molar-refractivity contribution is 0.416. The number of allylic oxidation sites excluding steroid dienone is 1. The Morgan fingerprint density at radius 2 is 2.00 bits per heavy atom. The number of unbranched alkanes of at least 4 members (excludes halogenated alkanes) is 3. The van der Waals surface area contributed by atoms with Crippen LogP contribution in [0.4, 0.5) is 8.78 Å². The first-order chi connectivity index (χ1) is 4.27. The van der Waals surface area contributed by atoms with E-state index in [0.29, 0.717) is 12.8 Å². The first kappa shape index (κ1) is 8.60. The van der Waals surface area contributed by atoms with E-state index in [0.717, 1.165) is 18.9 Å². The van der Waals surface area contributed by atoms with Crippen molar-refractivity contribution in [1.82, 2.24) is 0 Å². The molecular formula is C7H10F2. The molecule has 0 aromatic heterocycles. The quantitative estimate of drug-likeness (QED) is 0.516. The molecule has 0 saturated heterocycles. The average Bonchev–Trinajstić information content (AvgIpc) is 1.80. The van der Waals surface area contributed by atoms with Gasteiger partial charge in [-0.1, -0.05) is 6.42 Å². The molecule has 0 aliphatic heterocycles. The van der Waals surface area contributed by atoms with Gasteiger partial charge in [0, 0.05) is 0 Å². The largest absolute Gasteiger partial charge is 0.266 e. The summed E-state index contributed by atoms with van der Waals surface area (Å²) in [6.07, 6.45) is 1.95. The van der Waals surface area contributed by atoms with Crippen LogP contribution in [0.15, 0.2) is 12.2 Å². The molecule has 0 unspecified atom stereocenters. The van der Waals surface area contributed by atoms with Gasteiger partial charge in [-0.25, -0.2) is 0 Å². The van der Waals surface area contributed by atoms with Crippen molar-refractivity contribution < 1.29 is 8.78 Å². The Bertz CT molecular complexity index is 82.9. The average molecular weight is 132 g/mol. The molecule has 0 fully saturated rings. The molecule has 0 nitrogen and oxygen atoms in total. The van der Waals surface area contributed by atoms with Crippen LogP contribution in [0.5, 0.6) is 0 Å². The van der Waals surface area contributed by atoms with E-state index in [2.05, 4.69) is 0 Å². The van der Waals surface area contributed by atoms with E-state index in [9.17, 15) is 8.78 Å². The molecule has 0 heterocycles. The number of hydrogen-bond acceptors (Lipinski definition) is 0. The third-order valence-corrected chi connectivity index (χ3v) is 0.957. The molecule has 0 saturated carbocycles. The zero-order chi connectivity index (χ0) is 7.11. The van der Waals surface area contributed by atoms with Crippen molar-refractivity contribution in [2.45, 2.75) is 25.7 Å². The van der Waals surface area contributed by atoms with Crippen LogP contribution in [0.25, 0.3) is 0 Å². The van der Waals surface area contributed by atoms with Crippen LogP contribution in [0.2, 0.25) is 0 Å². The molecule has 0 aromatic rings. The summed E-state index contributed by atoms with van der Waals surface area (Å²) in [7, 11) is 0. The summed E-state index contributed by atoms with van der Waals surface area (Å²) in [5.41, 5.74) is 0. The van der Waals surface area contributed by atoms with Crippen LogP contribution in [-0.2, 0) is 0 Å². The zero-order valence-electron chi connectivity index (χ0n) is 5.24. The highest BCUT2D eigenvalue weighted by molar-refractivity contribution is 4.79. The Kier molecular flexibility index (Phi) is 5.48. The van der Waals surface area contributed by atoms with Crippen LogP contribution in [0.1, 0.15) is 25.7 Å². The van der Waals surface area contributed by atoms with Gasteiger partial charge in [0.2, 0.25) is 0 Å². The molecule has 0 N–H and O–H groups in total. The maximum atomic E-state index is 11.3. The smallest absolute Gasteiger partial charge is 0.174 e. The molecule has 2 radical (unpaired) electrons. The highest BCUT2D eigenvalue weighted by Crippen LogP contribution is 2.04. The lowest BCUT2D eigenvalue weighted by Crippen LogP contribution is -1.70. The van der Waals surface area contributed by atoms with Gasteiger partial charge in [0.25, 0.3) is 6.08 Å². The Labute approximate surface area is 54.6 Å². The normalized spacial score (nSPS) is 9.22. The topological polar surface area (TPSA) is 0 Å². The van der Waals surface area contributed by atoms with E-state index in [1.807, 2.05) is 0 Å². The molecule has 0 rings (SSSR count). The Morgan fingerprint density at radius 1 is 1.33 bits per heavy atom. The molecule has 0 aromatic carbocycles. The fourth-order valence-corrected chi connectivity index (χ4v) is 0.500. The van der Waals surface area contributed by atoms with Crippen molar-refractivity contribution in [2.24, 2.45) is 0 Å². The number of hydrogen-bond donors (Lipinski definition) is 0. The molecule has 0 spiro atoms. The Hall–Kier alpha value is -0.400. The molecule has 0 amide bonds. The third kappa shape index (κ3) is 7.60. The molecule has 0 aliphatic carbocycles. The lowest BCUT2D eigenvalue weighted by Gasteiger charge is -1.88. The Morgan fingerprint density at radius 3 is 2.44 bits per heavy atom. The molecule has 9 heavy (non-hydrogen) atoms. The van der Waals surface area contributed by atoms with Crippen molar-refractivity contribution in [3.05, 3.63) is 19.1 Å². The summed E-state index contributed by atoms with van der Waals surface area (Å²) in [6.45, 7) is 5.14. The van der Waals surface area contributed by atoms with Gasteiger partial charge in [-0.05, 0) is 32.3 Å². The second kappa shape index (κ2) is 5.73. The first-order valence-corrected chi connectivity index (χ1v) is 2.98. The summed E-state index contributed by atoms with van der Waals surface area (Å²) in [5, 5.41) is 0. The van der Waals surface area contributed by atoms with Gasteiger partial charge >= 0.3 is 0 Å². The number of rotatable bonds is 4. The van der Waals surface area contributed by atoms with Crippen molar-refractivity contribution in [3.63, 3.8) is 0 Å². The highest BCUT2D eigenvalue weighted by Gasteiger charge is 1.86. The second-order valence-corrected chi connectivity index (χ2v) is 1.78. The first-order valence-electron chi connectivity index (χ1n) is 2.98. The number of halogens is 2. The van der Waals surface area contributed by atoms with Gasteiger partial charge < -0.3 is 0 Å². The van der Waals surface area contributed by atoms with Crippen molar-refractivity contribution in [3.8, 4) is 0 Å². The van der Waals surface area contributed by atoms with Crippen LogP contribution in [0, 0.1) is 6.92 Å². The molecule has 0 bridgehead atoms. The van der Waals surface area contributed by atoms with Gasteiger partial charge in [-0.15, -0.1) is 0 Å². The van der Waals surface area contributed by atoms with Gasteiger partial charge in [0.15, 0.2) is 0 Å². The maximum absolute atomic E-state index is 11.3. The molecule has 0 atom stereocenters. The summed E-state index contributed by atoms with van der Waals surface area (Å²) in [6, 6.07) is 0. The lowest BCUT2D eigenvalue weighted by atomic mass is 10.2. The van der Waals surface area contributed by atoms with E-state index in [4.69, 9.17) is 6.92 Å². The van der Waals surface area contributed by atoms with Gasteiger partial charge in [-0.2, -0.15) is 8.78 Å². The molecule has 52 valence electrons. The van der Waals surface area contributed by atoms with Crippen LogP contribution < -0.4 is 0 Å². The summed E-state index contributed by atoms with van der Waals surface area (Å²) < 4.78 is 22.6. The maximum Gasteiger partial charge on any atom is 0.266 e. The fourth-order valence-electron chi connectivity index (χ4n) is 0.500. The predicted molar refractivity (Wildman–Crippen MR) is 33.1 cm³/mol. The summed E-state index contributed by atoms with van der Waals surface area (Å²) in [5.74, 6) is 0. The van der Waals surface area contributed by atoms with Crippen molar-refractivity contribution in [2.75, 3.05) is 0 Å². The molecule has 2 heteroatoms. The minimum atomic E-state index is -1.59. The van der Waals surface area contributed by atoms with E-state index in [-0.39, 0.29) is 0 Å². The standard InChI is InChI=1S/C7H10F2/c1-2-3-4-5-6-7(8)9/h1,6H,2-5H2. The van der Waals surface area contributed by atoms with E-state index < -0.39 is 6.08 Å². The van der Waals surface area contributed by atoms with Crippen molar-refractivity contribution >= 4 is 0 Å². The van der Waals surface area contributed by atoms with Crippen LogP contribution in [0.3, 0.4) is 0 Å². The minimum absolute atomic E-state index is 0.444. The summed E-state index contributed by atoms with van der Waals surface area (Å²) in [4.78, 5) is 0. The molecular weight excluding hydrogens is 122 g/mol. The monoisotopic (exact) mass is 132 g/mol. The van der Waals surface area contributed by atoms with E-state index in [1.165, 1.54) is 0 Å². The Balaban J connectivity index is 3.00. The van der Waals surface area contributed by atoms with E-state index in [1.54, 1.807) is 0 Å². The van der Waals surface area contributed by atoms with Gasteiger partial charge in [0.05, 0.1) is 0 Å². The summed E-state index contributed by atoms with van der Waals surface area (Å²) >= 11 is 0. The van der Waals surface area contributed by atoms with Crippen molar-refractivity contribution in [1.29, 1.82) is 0 Å². The van der Waals surface area contributed by atoms with E-state index >= 15 is 0 Å². The molecule has 0 aliphatic rings. The third-order valence-electron chi connectivity index (χ3n) is 0.957. The van der Waals surface area contributed by atoms with Crippen LogP contribution in [-0.4, -0.2) is 0 Å². The fraction of sp³-hybridized carbons (Fsp3) is 0.571. The van der Waals surface area contributed by atoms with Crippen LogP contribution >= 0.6 is 0 Å². The van der Waals surface area contributed by atoms with Gasteiger partial charge in [-0.3, -0.25) is 0 Å².